The number of aryl methyl sites for hydroxylation is 1. The van der Waals surface area contributed by atoms with Crippen molar-refractivity contribution in [3.63, 3.8) is 0 Å². The highest BCUT2D eigenvalue weighted by Gasteiger charge is 2.14. The molecule has 1 saturated heterocycles. The predicted octanol–water partition coefficient (Wildman–Crippen LogP) is 4.93. The molecule has 0 saturated carbocycles. The average molecular weight is 456 g/mol. The number of aromatic nitrogens is 2. The van der Waals surface area contributed by atoms with E-state index in [-0.39, 0.29) is 11.7 Å². The molecule has 0 spiro atoms. The zero-order valence-electron chi connectivity index (χ0n) is 17.6. The van der Waals surface area contributed by atoms with Gasteiger partial charge in [0.1, 0.15) is 5.75 Å². The number of carbonyl (C=O) groups excluding carboxylic acids is 1. The zero-order valence-corrected chi connectivity index (χ0v) is 19.2. The third-order valence-corrected chi connectivity index (χ3v) is 6.98. The number of anilines is 4. The summed E-state index contributed by atoms with van der Waals surface area (Å²) in [6, 6.07) is 13.8. The van der Waals surface area contributed by atoms with Gasteiger partial charge in [0.05, 0.1) is 12.9 Å². The Labute approximate surface area is 190 Å². The minimum Gasteiger partial charge on any atom is -0.497 e. The monoisotopic (exact) mass is 455 g/mol. The lowest BCUT2D eigenvalue weighted by Crippen LogP contribution is -2.18. The molecule has 31 heavy (non-hydrogen) atoms. The fourth-order valence-corrected chi connectivity index (χ4v) is 4.99. The van der Waals surface area contributed by atoms with Gasteiger partial charge in [-0.3, -0.25) is 4.79 Å². The summed E-state index contributed by atoms with van der Waals surface area (Å²) < 4.78 is 5.97. The van der Waals surface area contributed by atoms with Crippen LogP contribution in [-0.2, 0) is 4.79 Å². The van der Waals surface area contributed by atoms with Gasteiger partial charge >= 0.3 is 0 Å². The second-order valence-corrected chi connectivity index (χ2v) is 9.46. The van der Waals surface area contributed by atoms with Gasteiger partial charge in [-0.05, 0) is 55.7 Å². The van der Waals surface area contributed by atoms with Crippen molar-refractivity contribution in [2.24, 2.45) is 0 Å². The molecular formula is C22H25N5O2S2. The van der Waals surface area contributed by atoms with Crippen LogP contribution in [0, 0.1) is 6.92 Å². The molecule has 2 aromatic carbocycles. The van der Waals surface area contributed by atoms with E-state index in [2.05, 4.69) is 37.9 Å². The van der Waals surface area contributed by atoms with Crippen LogP contribution in [0.3, 0.4) is 0 Å². The fraction of sp³-hybridized carbons (Fsp3) is 0.318. The molecule has 0 bridgehead atoms. The summed E-state index contributed by atoms with van der Waals surface area (Å²) in [5.41, 5.74) is 4.03. The minimum atomic E-state index is -0.0560. The van der Waals surface area contributed by atoms with E-state index in [4.69, 9.17) is 4.74 Å². The van der Waals surface area contributed by atoms with Crippen LogP contribution in [-0.4, -0.2) is 42.1 Å². The lowest BCUT2D eigenvalue weighted by molar-refractivity contribution is -0.113. The van der Waals surface area contributed by atoms with Gasteiger partial charge in [0.15, 0.2) is 4.34 Å². The molecule has 0 radical (unpaired) electrons. The van der Waals surface area contributed by atoms with E-state index in [0.29, 0.717) is 5.13 Å². The van der Waals surface area contributed by atoms with E-state index >= 15 is 0 Å². The van der Waals surface area contributed by atoms with E-state index in [1.165, 1.54) is 41.6 Å². The summed E-state index contributed by atoms with van der Waals surface area (Å²) in [5.74, 6) is 0.991. The summed E-state index contributed by atoms with van der Waals surface area (Å²) in [6.45, 7) is 4.25. The smallest absolute Gasteiger partial charge is 0.234 e. The molecule has 3 aromatic rings. The Morgan fingerprint density at radius 1 is 1.19 bits per heavy atom. The van der Waals surface area contributed by atoms with Gasteiger partial charge in [-0.15, -0.1) is 10.2 Å². The molecule has 2 N–H and O–H groups in total. The molecule has 162 valence electrons. The number of methoxy groups -OCH3 is 1. The third kappa shape index (κ3) is 5.68. The molecular weight excluding hydrogens is 430 g/mol. The highest BCUT2D eigenvalue weighted by atomic mass is 32.2. The van der Waals surface area contributed by atoms with Gasteiger partial charge < -0.3 is 20.3 Å². The Bertz CT molecular complexity index is 1050. The molecule has 2 heterocycles. The van der Waals surface area contributed by atoms with Crippen LogP contribution >= 0.6 is 23.1 Å². The van der Waals surface area contributed by atoms with E-state index in [0.717, 1.165) is 40.1 Å². The molecule has 1 fully saturated rings. The van der Waals surface area contributed by atoms with Crippen molar-refractivity contribution in [3.05, 3.63) is 48.0 Å². The fourth-order valence-electron chi connectivity index (χ4n) is 3.42. The molecule has 9 heteroatoms. The number of nitrogens with zero attached hydrogens (tertiary/aromatic N) is 3. The second kappa shape index (κ2) is 10.0. The van der Waals surface area contributed by atoms with Gasteiger partial charge in [0, 0.05) is 36.2 Å². The summed E-state index contributed by atoms with van der Waals surface area (Å²) in [5, 5.41) is 15.2. The van der Waals surface area contributed by atoms with E-state index < -0.39 is 0 Å². The number of hydrogen-bond acceptors (Lipinski definition) is 8. The number of nitrogens with one attached hydrogen (secondary N) is 2. The second-order valence-electron chi connectivity index (χ2n) is 7.26. The van der Waals surface area contributed by atoms with Crippen molar-refractivity contribution in [1.29, 1.82) is 0 Å². The maximum absolute atomic E-state index is 12.4. The number of carbonyl (C=O) groups is 1. The first-order valence-electron chi connectivity index (χ1n) is 10.1. The first kappa shape index (κ1) is 21.5. The van der Waals surface area contributed by atoms with Crippen molar-refractivity contribution in [1.82, 2.24) is 10.2 Å². The van der Waals surface area contributed by atoms with Crippen molar-refractivity contribution in [3.8, 4) is 5.75 Å². The predicted molar refractivity (Wildman–Crippen MR) is 128 cm³/mol. The summed E-state index contributed by atoms with van der Waals surface area (Å²) in [6.07, 6.45) is 2.49. The number of rotatable bonds is 8. The van der Waals surface area contributed by atoms with E-state index in [1.807, 2.05) is 37.3 Å². The lowest BCUT2D eigenvalue weighted by atomic mass is 10.1. The Balaban J connectivity index is 1.29. The molecule has 0 aliphatic carbocycles. The van der Waals surface area contributed by atoms with Gasteiger partial charge in [-0.2, -0.15) is 0 Å². The Kier molecular flexibility index (Phi) is 6.93. The first-order chi connectivity index (χ1) is 15.1. The summed E-state index contributed by atoms with van der Waals surface area (Å²) >= 11 is 2.79. The normalized spacial score (nSPS) is 13.3. The quantitative estimate of drug-likeness (QED) is 0.466. The van der Waals surface area contributed by atoms with Crippen LogP contribution in [0.25, 0.3) is 0 Å². The van der Waals surface area contributed by atoms with Crippen LogP contribution in [0.1, 0.15) is 18.4 Å². The first-order valence-corrected chi connectivity index (χ1v) is 11.9. The number of benzene rings is 2. The number of ether oxygens (including phenoxy) is 1. The largest absolute Gasteiger partial charge is 0.497 e. The van der Waals surface area contributed by atoms with Gasteiger partial charge in [0.2, 0.25) is 11.0 Å². The van der Waals surface area contributed by atoms with Gasteiger partial charge in [-0.1, -0.05) is 29.2 Å². The molecule has 0 unspecified atom stereocenters. The molecule has 4 rings (SSSR count). The minimum absolute atomic E-state index is 0.0560. The average Bonchev–Trinajstić information content (AvgIpc) is 3.46. The van der Waals surface area contributed by atoms with E-state index in [9.17, 15) is 4.79 Å². The Morgan fingerprint density at radius 2 is 2.03 bits per heavy atom. The van der Waals surface area contributed by atoms with Crippen LogP contribution in [0.15, 0.2) is 46.8 Å². The Hall–Kier alpha value is -2.78. The van der Waals surface area contributed by atoms with Crippen LogP contribution < -0.4 is 20.3 Å². The number of amides is 1. The Morgan fingerprint density at radius 3 is 2.81 bits per heavy atom. The van der Waals surface area contributed by atoms with E-state index in [1.54, 1.807) is 7.11 Å². The zero-order chi connectivity index (χ0) is 21.6. The van der Waals surface area contributed by atoms with Crippen LogP contribution in [0.4, 0.5) is 22.2 Å². The van der Waals surface area contributed by atoms with Gasteiger partial charge in [0.25, 0.3) is 0 Å². The highest BCUT2D eigenvalue weighted by molar-refractivity contribution is 8.01. The third-order valence-electron chi connectivity index (χ3n) is 5.01. The molecule has 1 amide bonds. The molecule has 7 nitrogen and oxygen atoms in total. The molecule has 1 aromatic heterocycles. The molecule has 1 aliphatic heterocycles. The molecule has 1 aliphatic rings. The maximum atomic E-state index is 12.4. The van der Waals surface area contributed by atoms with Crippen molar-refractivity contribution in [2.45, 2.75) is 24.1 Å². The van der Waals surface area contributed by atoms with Crippen molar-refractivity contribution < 1.29 is 9.53 Å². The topological polar surface area (TPSA) is 79.4 Å². The summed E-state index contributed by atoms with van der Waals surface area (Å²) in [7, 11) is 1.63. The van der Waals surface area contributed by atoms with Crippen molar-refractivity contribution in [2.75, 3.05) is 41.5 Å². The lowest BCUT2D eigenvalue weighted by Gasteiger charge is -2.19. The summed E-state index contributed by atoms with van der Waals surface area (Å²) in [4.78, 5) is 14.8. The number of hydrogen-bond donors (Lipinski definition) is 2. The maximum Gasteiger partial charge on any atom is 0.234 e. The standard InChI is InChI=1S/C22H25N5O2S2/c1-15-12-17(27-10-3-4-11-27)8-9-19(15)24-20(28)14-30-22-26-25-21(31-22)23-16-6-5-7-18(13-16)29-2/h5-9,12-13H,3-4,10-11,14H2,1-2H3,(H,23,25)(H,24,28). The van der Waals surface area contributed by atoms with Crippen LogP contribution in [0.2, 0.25) is 0 Å². The van der Waals surface area contributed by atoms with Crippen molar-refractivity contribution >= 4 is 51.2 Å². The SMILES string of the molecule is COc1cccc(Nc2nnc(SCC(=O)Nc3ccc(N4CCCC4)cc3C)s2)c1. The molecule has 0 atom stereocenters. The van der Waals surface area contributed by atoms with Crippen LogP contribution in [0.5, 0.6) is 5.75 Å². The number of thioether (sulfide) groups is 1. The van der Waals surface area contributed by atoms with Gasteiger partial charge in [-0.25, -0.2) is 0 Å². The highest BCUT2D eigenvalue weighted by Crippen LogP contribution is 2.29.